The molecule has 0 bridgehead atoms. The lowest BCUT2D eigenvalue weighted by Crippen LogP contribution is -2.79. The van der Waals surface area contributed by atoms with Crippen molar-refractivity contribution in [3.05, 3.63) is 12.1 Å². The summed E-state index contributed by atoms with van der Waals surface area (Å²) in [4.78, 5) is 0. The van der Waals surface area contributed by atoms with Crippen molar-refractivity contribution in [1.29, 1.82) is 0 Å². The number of rotatable bonds is 15. The molecule has 0 atom stereocenters. The van der Waals surface area contributed by atoms with Crippen LogP contribution in [0, 0.1) is 0 Å². The number of alkyl halides is 26. The van der Waals surface area contributed by atoms with Crippen LogP contribution < -0.4 is 0 Å². The van der Waals surface area contributed by atoms with Crippen LogP contribution in [-0.4, -0.2) is 89.5 Å². The first-order valence-electron chi connectivity index (χ1n) is 9.86. The minimum atomic E-state index is -10.0. The Kier molecular flexibility index (Phi) is 10.9. The maximum atomic E-state index is 13.7. The van der Waals surface area contributed by atoms with E-state index in [1.54, 1.807) is 0 Å². The summed E-state index contributed by atoms with van der Waals surface area (Å²) >= 11 is 0. The number of hydrogen-bond acceptors (Lipinski definition) is 3. The Morgan fingerprint density at radius 3 is 0.735 bits per heavy atom. The molecule has 0 aromatic heterocycles. The fourth-order valence-corrected chi connectivity index (χ4v) is 2.97. The molecule has 294 valence electrons. The van der Waals surface area contributed by atoms with Crippen LogP contribution in [0.15, 0.2) is 12.1 Å². The van der Waals surface area contributed by atoms with E-state index in [1.165, 1.54) is 4.74 Å². The summed E-state index contributed by atoms with van der Waals surface area (Å²) in [5.74, 6) is -106. The van der Waals surface area contributed by atoms with E-state index in [1.807, 2.05) is 0 Å². The molecular weight excluding hydrogens is 827 g/mol. The fourth-order valence-electron chi connectivity index (χ4n) is 2.52. The Balaban J connectivity index is 7.60. The van der Waals surface area contributed by atoms with Crippen LogP contribution in [0.2, 0.25) is 0 Å². The van der Waals surface area contributed by atoms with Gasteiger partial charge < -0.3 is 4.74 Å². The zero-order valence-corrected chi connectivity index (χ0v) is 21.4. The molecule has 1 N–H and O–H groups in total. The molecule has 0 aliphatic rings. The van der Waals surface area contributed by atoms with Crippen LogP contribution in [0.4, 0.5) is 127 Å². The van der Waals surface area contributed by atoms with Gasteiger partial charge in [-0.15, -0.1) is 0 Å². The van der Waals surface area contributed by atoms with Gasteiger partial charge in [-0.1, -0.05) is 0 Å². The van der Waals surface area contributed by atoms with E-state index < -0.39 is 98.7 Å². The van der Waals surface area contributed by atoms with Gasteiger partial charge in [-0.25, -0.2) is 0 Å². The standard InChI is InChI=1S/C15HF29O4S/c16-1(17)2(18)48-14(41,42)12(37,38)10(33,34)8(29,30)6(25,26)4(21,22)3(19,20)5(23,24)7(27,28)9(31,32)11(35,36)13(39,40)15(43,44)49(45,46)47/h(H,45,46,47). The van der Waals surface area contributed by atoms with Gasteiger partial charge in [0.2, 0.25) is 0 Å². The molecule has 0 saturated heterocycles. The molecule has 0 radical (unpaired) electrons. The third kappa shape index (κ3) is 5.62. The molecule has 49 heavy (non-hydrogen) atoms. The summed E-state index contributed by atoms with van der Waals surface area (Å²) in [5.41, 5.74) is 0. The van der Waals surface area contributed by atoms with Gasteiger partial charge in [0.25, 0.3) is 0 Å². The normalized spacial score (nSPS) is 16.5. The van der Waals surface area contributed by atoms with E-state index in [2.05, 4.69) is 0 Å². The predicted octanol–water partition coefficient (Wildman–Crippen LogP) is 9.10. The summed E-state index contributed by atoms with van der Waals surface area (Å²) < 4.78 is 416. The van der Waals surface area contributed by atoms with Crippen molar-refractivity contribution in [2.24, 2.45) is 0 Å². The Labute approximate surface area is 245 Å². The van der Waals surface area contributed by atoms with E-state index in [0.29, 0.717) is 0 Å². The van der Waals surface area contributed by atoms with Gasteiger partial charge in [0.15, 0.2) is 0 Å². The zero-order valence-electron chi connectivity index (χ0n) is 20.5. The molecular formula is C15HF29O4S. The average Bonchev–Trinajstić information content (AvgIpc) is 2.86. The zero-order chi connectivity index (χ0) is 40.9. The number of halogens is 29. The van der Waals surface area contributed by atoms with Crippen LogP contribution in [0.1, 0.15) is 0 Å². The van der Waals surface area contributed by atoms with E-state index in [0.717, 1.165) is 0 Å². The maximum absolute atomic E-state index is 13.7. The first kappa shape index (κ1) is 46.4. The van der Waals surface area contributed by atoms with Crippen LogP contribution >= 0.6 is 0 Å². The molecule has 0 aliphatic heterocycles. The topological polar surface area (TPSA) is 63.6 Å². The van der Waals surface area contributed by atoms with Gasteiger partial charge in [0.1, 0.15) is 0 Å². The molecule has 0 rings (SSSR count). The van der Waals surface area contributed by atoms with Crippen molar-refractivity contribution in [3.8, 4) is 0 Å². The summed E-state index contributed by atoms with van der Waals surface area (Å²) in [6.07, 6.45) is -12.6. The minimum absolute atomic E-state index is 1.40. The molecule has 0 fully saturated rings. The van der Waals surface area contributed by atoms with E-state index in [-0.39, 0.29) is 0 Å². The fraction of sp³-hybridized carbons (Fsp3) is 0.867. The smallest absolute Gasteiger partial charge is 0.397 e. The monoisotopic (exact) mass is 828 g/mol. The Bertz CT molecular complexity index is 1390. The van der Waals surface area contributed by atoms with E-state index in [9.17, 15) is 136 Å². The van der Waals surface area contributed by atoms with Crippen LogP contribution in [0.3, 0.4) is 0 Å². The van der Waals surface area contributed by atoms with Crippen LogP contribution in [0.25, 0.3) is 0 Å². The van der Waals surface area contributed by atoms with Crippen molar-refractivity contribution < 1.29 is 145 Å². The van der Waals surface area contributed by atoms with Crippen molar-refractivity contribution in [1.82, 2.24) is 0 Å². The summed E-state index contributed by atoms with van der Waals surface area (Å²) in [7, 11) is -8.35. The minimum Gasteiger partial charge on any atom is -0.397 e. The van der Waals surface area contributed by atoms with E-state index >= 15 is 0 Å². The maximum Gasteiger partial charge on any atom is 0.472 e. The van der Waals surface area contributed by atoms with Gasteiger partial charge in [0.05, 0.1) is 0 Å². The molecule has 4 nitrogen and oxygen atoms in total. The molecule has 0 aromatic rings. The highest BCUT2D eigenvalue weighted by Crippen LogP contribution is 2.68. The molecule has 0 amide bonds. The van der Waals surface area contributed by atoms with Gasteiger partial charge in [-0.05, 0) is 0 Å². The number of ether oxygens (including phenoxy) is 1. The van der Waals surface area contributed by atoms with Crippen molar-refractivity contribution in [2.45, 2.75) is 76.5 Å². The highest BCUT2D eigenvalue weighted by Gasteiger charge is 3.00. The SMILES string of the molecule is O=S(=O)(O)C(F)(F)C(F)(F)C(F)(F)C(F)(F)C(F)(F)C(F)(F)C(F)(F)C(F)(F)C(F)(F)C(F)(F)C(F)(F)C(F)(F)C(F)(F)OC(F)=C(F)F. The number of hydrogen-bond donors (Lipinski definition) is 1. The molecule has 0 aromatic carbocycles. The van der Waals surface area contributed by atoms with Crippen molar-refractivity contribution >= 4 is 10.1 Å². The average molecular weight is 828 g/mol. The molecule has 34 heteroatoms. The van der Waals surface area contributed by atoms with Gasteiger partial charge in [-0.3, -0.25) is 4.55 Å². The Morgan fingerprint density at radius 2 is 0.551 bits per heavy atom. The summed E-state index contributed by atoms with van der Waals surface area (Å²) in [6, 6.07) is -4.52. The third-order valence-electron chi connectivity index (χ3n) is 5.36. The van der Waals surface area contributed by atoms with Crippen LogP contribution in [0.5, 0.6) is 0 Å². The lowest BCUT2D eigenvalue weighted by molar-refractivity contribution is -0.487. The van der Waals surface area contributed by atoms with E-state index in [4.69, 9.17) is 4.55 Å². The largest absolute Gasteiger partial charge is 0.472 e. The molecule has 0 unspecified atom stereocenters. The molecule has 0 aliphatic carbocycles. The van der Waals surface area contributed by atoms with Gasteiger partial charge in [0, 0.05) is 0 Å². The highest BCUT2D eigenvalue weighted by atomic mass is 32.2. The second kappa shape index (κ2) is 11.5. The molecule has 0 saturated carbocycles. The summed E-state index contributed by atoms with van der Waals surface area (Å²) in [5, 5.41) is -8.34. The van der Waals surface area contributed by atoms with Crippen molar-refractivity contribution in [3.63, 3.8) is 0 Å². The van der Waals surface area contributed by atoms with Gasteiger partial charge in [-0.2, -0.15) is 136 Å². The second-order valence-electron chi connectivity index (χ2n) is 8.46. The quantitative estimate of drug-likeness (QED) is 0.102. The summed E-state index contributed by atoms with van der Waals surface area (Å²) in [6.45, 7) is 0. The lowest BCUT2D eigenvalue weighted by Gasteiger charge is -2.46. The van der Waals surface area contributed by atoms with Crippen LogP contribution in [-0.2, 0) is 14.9 Å². The lowest BCUT2D eigenvalue weighted by atomic mass is 9.84. The molecule has 0 spiro atoms. The Hall–Kier alpha value is -2.58. The second-order valence-corrected chi connectivity index (χ2v) is 9.93. The highest BCUT2D eigenvalue weighted by molar-refractivity contribution is 7.87. The third-order valence-corrected chi connectivity index (χ3v) is 6.27. The molecule has 0 heterocycles. The van der Waals surface area contributed by atoms with Gasteiger partial charge >= 0.3 is 98.7 Å². The van der Waals surface area contributed by atoms with Crippen molar-refractivity contribution in [2.75, 3.05) is 0 Å². The Morgan fingerprint density at radius 1 is 0.367 bits per heavy atom. The predicted molar refractivity (Wildman–Crippen MR) is 87.3 cm³/mol. The first-order valence-corrected chi connectivity index (χ1v) is 11.3. The first-order chi connectivity index (χ1) is 20.6.